The van der Waals surface area contributed by atoms with Crippen molar-refractivity contribution in [3.8, 4) is 0 Å². The van der Waals surface area contributed by atoms with E-state index < -0.39 is 0 Å². The van der Waals surface area contributed by atoms with Gasteiger partial charge in [0.15, 0.2) is 5.96 Å². The fraction of sp³-hybridized carbons (Fsp3) is 0.611. The SMILES string of the molecule is CCC(C)c1ccc(NC(N)=NCCN(C)C(C)CC)cc1. The van der Waals surface area contributed by atoms with E-state index in [2.05, 4.69) is 74.2 Å². The molecule has 2 atom stereocenters. The Morgan fingerprint density at radius 1 is 1.18 bits per heavy atom. The van der Waals surface area contributed by atoms with E-state index in [9.17, 15) is 0 Å². The number of aliphatic imine (C=N–C) groups is 1. The molecule has 1 aromatic carbocycles. The van der Waals surface area contributed by atoms with Gasteiger partial charge in [-0.05, 0) is 50.4 Å². The van der Waals surface area contributed by atoms with E-state index >= 15 is 0 Å². The number of hydrogen-bond acceptors (Lipinski definition) is 2. The van der Waals surface area contributed by atoms with Crippen LogP contribution in [0.2, 0.25) is 0 Å². The van der Waals surface area contributed by atoms with Crippen LogP contribution in [0.25, 0.3) is 0 Å². The van der Waals surface area contributed by atoms with Gasteiger partial charge in [0.25, 0.3) is 0 Å². The average molecular weight is 304 g/mol. The van der Waals surface area contributed by atoms with Crippen LogP contribution in [0.3, 0.4) is 0 Å². The molecule has 4 nitrogen and oxygen atoms in total. The zero-order valence-corrected chi connectivity index (χ0v) is 14.8. The molecular formula is C18H32N4. The van der Waals surface area contributed by atoms with Crippen LogP contribution in [0, 0.1) is 0 Å². The summed E-state index contributed by atoms with van der Waals surface area (Å²) in [5.41, 5.74) is 8.29. The molecule has 0 aliphatic carbocycles. The van der Waals surface area contributed by atoms with E-state index in [0.717, 1.165) is 25.1 Å². The Balaban J connectivity index is 2.47. The molecule has 1 aromatic rings. The highest BCUT2D eigenvalue weighted by Crippen LogP contribution is 2.20. The second-order valence-corrected chi connectivity index (χ2v) is 6.06. The topological polar surface area (TPSA) is 53.6 Å². The Labute approximate surface area is 135 Å². The summed E-state index contributed by atoms with van der Waals surface area (Å²) in [6.07, 6.45) is 2.30. The molecule has 0 heterocycles. The van der Waals surface area contributed by atoms with Crippen molar-refractivity contribution in [2.24, 2.45) is 10.7 Å². The van der Waals surface area contributed by atoms with Crippen molar-refractivity contribution in [1.29, 1.82) is 0 Å². The summed E-state index contributed by atoms with van der Waals surface area (Å²) in [6, 6.07) is 9.02. The lowest BCUT2D eigenvalue weighted by Crippen LogP contribution is -2.31. The van der Waals surface area contributed by atoms with Gasteiger partial charge in [0.2, 0.25) is 0 Å². The summed E-state index contributed by atoms with van der Waals surface area (Å²) in [5, 5.41) is 3.15. The lowest BCUT2D eigenvalue weighted by molar-refractivity contribution is 0.259. The highest BCUT2D eigenvalue weighted by Gasteiger charge is 2.05. The van der Waals surface area contributed by atoms with Gasteiger partial charge in [-0.3, -0.25) is 4.99 Å². The van der Waals surface area contributed by atoms with Gasteiger partial charge < -0.3 is 16.0 Å². The number of nitrogens with two attached hydrogens (primary N) is 1. The molecule has 0 saturated carbocycles. The molecule has 0 spiro atoms. The Morgan fingerprint density at radius 2 is 1.82 bits per heavy atom. The minimum atomic E-state index is 0.480. The fourth-order valence-corrected chi connectivity index (χ4v) is 2.18. The largest absolute Gasteiger partial charge is 0.370 e. The van der Waals surface area contributed by atoms with E-state index in [-0.39, 0.29) is 0 Å². The Bertz CT molecular complexity index is 453. The van der Waals surface area contributed by atoms with Crippen molar-refractivity contribution in [2.45, 2.75) is 52.5 Å². The second kappa shape index (κ2) is 9.46. The molecule has 0 aliphatic rings. The maximum Gasteiger partial charge on any atom is 0.193 e. The Kier molecular flexibility index (Phi) is 7.96. The quantitative estimate of drug-likeness (QED) is 0.569. The molecule has 0 saturated heterocycles. The van der Waals surface area contributed by atoms with Gasteiger partial charge in [-0.2, -0.15) is 0 Å². The molecule has 0 aromatic heterocycles. The number of rotatable bonds is 8. The second-order valence-electron chi connectivity index (χ2n) is 6.06. The van der Waals surface area contributed by atoms with Crippen LogP contribution in [0.1, 0.15) is 52.0 Å². The van der Waals surface area contributed by atoms with Crippen LogP contribution >= 0.6 is 0 Å². The summed E-state index contributed by atoms with van der Waals surface area (Å²) in [6.45, 7) is 10.5. The van der Waals surface area contributed by atoms with Gasteiger partial charge in [-0.25, -0.2) is 0 Å². The summed E-state index contributed by atoms with van der Waals surface area (Å²) in [4.78, 5) is 6.69. The van der Waals surface area contributed by atoms with Gasteiger partial charge in [0.1, 0.15) is 0 Å². The van der Waals surface area contributed by atoms with Gasteiger partial charge >= 0.3 is 0 Å². The first-order valence-corrected chi connectivity index (χ1v) is 8.35. The normalized spacial score (nSPS) is 14.9. The first-order chi connectivity index (χ1) is 10.5. The number of guanidine groups is 1. The van der Waals surface area contributed by atoms with E-state index in [1.165, 1.54) is 5.56 Å². The Hall–Kier alpha value is -1.55. The number of anilines is 1. The summed E-state index contributed by atoms with van der Waals surface area (Å²) >= 11 is 0. The van der Waals surface area contributed by atoms with Crippen LogP contribution in [0.15, 0.2) is 29.3 Å². The standard InChI is InChI=1S/C18H32N4/c1-6-14(3)16-8-10-17(11-9-16)21-18(19)20-12-13-22(5)15(4)7-2/h8-11,14-15H,6-7,12-13H2,1-5H3,(H3,19,20,21). The van der Waals surface area contributed by atoms with Crippen LogP contribution in [0.5, 0.6) is 0 Å². The van der Waals surface area contributed by atoms with Gasteiger partial charge in [0.05, 0.1) is 6.54 Å². The average Bonchev–Trinajstić information content (AvgIpc) is 2.53. The van der Waals surface area contributed by atoms with Crippen LogP contribution < -0.4 is 11.1 Å². The van der Waals surface area contributed by atoms with E-state index in [1.54, 1.807) is 0 Å². The number of hydrogen-bond donors (Lipinski definition) is 2. The van der Waals surface area contributed by atoms with Crippen LogP contribution in [-0.4, -0.2) is 37.0 Å². The smallest absolute Gasteiger partial charge is 0.193 e. The fourth-order valence-electron chi connectivity index (χ4n) is 2.18. The molecule has 3 N–H and O–H groups in total. The zero-order valence-electron chi connectivity index (χ0n) is 14.8. The van der Waals surface area contributed by atoms with Crippen molar-refractivity contribution < 1.29 is 0 Å². The third-order valence-electron chi connectivity index (χ3n) is 4.44. The van der Waals surface area contributed by atoms with Crippen molar-refractivity contribution >= 4 is 11.6 Å². The molecule has 0 fully saturated rings. The third-order valence-corrected chi connectivity index (χ3v) is 4.44. The highest BCUT2D eigenvalue weighted by atomic mass is 15.1. The number of benzene rings is 1. The lowest BCUT2D eigenvalue weighted by atomic mass is 9.99. The molecule has 22 heavy (non-hydrogen) atoms. The van der Waals surface area contributed by atoms with Gasteiger partial charge in [-0.15, -0.1) is 0 Å². The molecule has 1 rings (SSSR count). The first kappa shape index (κ1) is 18.5. The predicted octanol–water partition coefficient (Wildman–Crippen LogP) is 3.66. The van der Waals surface area contributed by atoms with Crippen molar-refractivity contribution in [2.75, 3.05) is 25.5 Å². The molecule has 0 radical (unpaired) electrons. The number of nitrogens with one attached hydrogen (secondary N) is 1. The highest BCUT2D eigenvalue weighted by molar-refractivity contribution is 5.92. The Morgan fingerprint density at radius 3 is 2.36 bits per heavy atom. The molecule has 124 valence electrons. The van der Waals surface area contributed by atoms with E-state index in [1.807, 2.05) is 0 Å². The van der Waals surface area contributed by atoms with Crippen molar-refractivity contribution in [3.63, 3.8) is 0 Å². The summed E-state index contributed by atoms with van der Waals surface area (Å²) in [5.74, 6) is 1.07. The lowest BCUT2D eigenvalue weighted by Gasteiger charge is -2.22. The minimum absolute atomic E-state index is 0.480. The maximum atomic E-state index is 5.94. The molecule has 2 unspecified atom stereocenters. The maximum absolute atomic E-state index is 5.94. The molecule has 0 bridgehead atoms. The summed E-state index contributed by atoms with van der Waals surface area (Å²) in [7, 11) is 2.13. The van der Waals surface area contributed by atoms with Gasteiger partial charge in [-0.1, -0.05) is 32.9 Å². The molecule has 0 aliphatic heterocycles. The summed E-state index contributed by atoms with van der Waals surface area (Å²) < 4.78 is 0. The van der Waals surface area contributed by atoms with Crippen molar-refractivity contribution in [3.05, 3.63) is 29.8 Å². The zero-order chi connectivity index (χ0) is 16.5. The minimum Gasteiger partial charge on any atom is -0.370 e. The number of nitrogens with zero attached hydrogens (tertiary/aromatic N) is 2. The van der Waals surface area contributed by atoms with Crippen LogP contribution in [-0.2, 0) is 0 Å². The van der Waals surface area contributed by atoms with Crippen LogP contribution in [0.4, 0.5) is 5.69 Å². The monoisotopic (exact) mass is 304 g/mol. The molecule has 4 heteroatoms. The van der Waals surface area contributed by atoms with E-state index in [0.29, 0.717) is 24.5 Å². The molecule has 0 amide bonds. The number of likely N-dealkylation sites (N-methyl/N-ethyl adjacent to an activating group) is 1. The molecular weight excluding hydrogens is 272 g/mol. The van der Waals surface area contributed by atoms with Gasteiger partial charge in [0, 0.05) is 18.3 Å². The third kappa shape index (κ3) is 6.06. The predicted molar refractivity (Wildman–Crippen MR) is 97.6 cm³/mol. The first-order valence-electron chi connectivity index (χ1n) is 8.35. The van der Waals surface area contributed by atoms with E-state index in [4.69, 9.17) is 5.73 Å². The van der Waals surface area contributed by atoms with Crippen molar-refractivity contribution in [1.82, 2.24) is 4.90 Å².